The van der Waals surface area contributed by atoms with Crippen LogP contribution < -0.4 is 10.1 Å². The number of halogens is 1. The van der Waals surface area contributed by atoms with Crippen molar-refractivity contribution in [1.82, 2.24) is 20.0 Å². The van der Waals surface area contributed by atoms with Crippen LogP contribution in [0.25, 0.3) is 0 Å². The highest BCUT2D eigenvalue weighted by Crippen LogP contribution is 2.21. The van der Waals surface area contributed by atoms with Crippen molar-refractivity contribution in [3.8, 4) is 5.75 Å². The smallest absolute Gasteiger partial charge is 0.194 e. The number of aromatic nitrogens is 2. The van der Waals surface area contributed by atoms with Crippen LogP contribution in [-0.2, 0) is 23.1 Å². The molecule has 1 N–H and O–H groups in total. The quantitative estimate of drug-likeness (QED) is 0.246. The average Bonchev–Trinajstić information content (AvgIpc) is 3.19. The molecule has 30 heavy (non-hydrogen) atoms. The molecule has 1 aromatic carbocycles. The Hall–Kier alpha value is -1.85. The molecule has 1 atom stereocenters. The average molecular weight is 529 g/mol. The maximum Gasteiger partial charge on any atom is 0.194 e. The number of morpholine rings is 1. The number of methoxy groups -OCH3 is 1. The number of benzene rings is 1. The zero-order valence-corrected chi connectivity index (χ0v) is 20.2. The second kappa shape index (κ2) is 12.8. The molecule has 9 heteroatoms. The SMILES string of the molecule is CCNC(=NCCOCc1cccc(OC)c1)N1CCOC(c2cnn(C)c2)C1.I. The first kappa shape index (κ1) is 24.4. The molecule has 1 fully saturated rings. The van der Waals surface area contributed by atoms with Crippen molar-refractivity contribution in [2.75, 3.05) is 46.5 Å². The van der Waals surface area contributed by atoms with Gasteiger partial charge in [-0.15, -0.1) is 24.0 Å². The Bertz CT molecular complexity index is 798. The van der Waals surface area contributed by atoms with Gasteiger partial charge in [0.1, 0.15) is 11.9 Å². The Morgan fingerprint density at radius 2 is 2.27 bits per heavy atom. The van der Waals surface area contributed by atoms with E-state index in [-0.39, 0.29) is 30.1 Å². The number of rotatable bonds is 8. The lowest BCUT2D eigenvalue weighted by Gasteiger charge is -2.34. The van der Waals surface area contributed by atoms with Gasteiger partial charge in [0.2, 0.25) is 0 Å². The van der Waals surface area contributed by atoms with Gasteiger partial charge in [-0.25, -0.2) is 0 Å². The van der Waals surface area contributed by atoms with Crippen LogP contribution in [0.1, 0.15) is 24.2 Å². The molecule has 0 aliphatic carbocycles. The summed E-state index contributed by atoms with van der Waals surface area (Å²) in [5.41, 5.74) is 2.18. The van der Waals surface area contributed by atoms with E-state index in [1.165, 1.54) is 0 Å². The molecular formula is C21H32IN5O3. The van der Waals surface area contributed by atoms with E-state index in [0.717, 1.165) is 42.5 Å². The highest BCUT2D eigenvalue weighted by molar-refractivity contribution is 14.0. The molecule has 0 bridgehead atoms. The first-order chi connectivity index (χ1) is 14.2. The molecule has 1 unspecified atom stereocenters. The molecule has 0 spiro atoms. The van der Waals surface area contributed by atoms with Crippen LogP contribution >= 0.6 is 24.0 Å². The molecule has 0 amide bonds. The van der Waals surface area contributed by atoms with Crippen molar-refractivity contribution < 1.29 is 14.2 Å². The summed E-state index contributed by atoms with van der Waals surface area (Å²) in [6.07, 6.45) is 3.88. The highest BCUT2D eigenvalue weighted by Gasteiger charge is 2.25. The van der Waals surface area contributed by atoms with Crippen molar-refractivity contribution in [2.45, 2.75) is 19.6 Å². The molecule has 8 nitrogen and oxygen atoms in total. The lowest BCUT2D eigenvalue weighted by molar-refractivity contribution is -0.00809. The summed E-state index contributed by atoms with van der Waals surface area (Å²) >= 11 is 0. The van der Waals surface area contributed by atoms with Crippen molar-refractivity contribution >= 4 is 29.9 Å². The topological polar surface area (TPSA) is 73.1 Å². The van der Waals surface area contributed by atoms with Crippen molar-refractivity contribution in [3.63, 3.8) is 0 Å². The van der Waals surface area contributed by atoms with Gasteiger partial charge < -0.3 is 24.4 Å². The number of hydrogen-bond acceptors (Lipinski definition) is 5. The monoisotopic (exact) mass is 529 g/mol. The summed E-state index contributed by atoms with van der Waals surface area (Å²) in [7, 11) is 3.59. The van der Waals surface area contributed by atoms with Gasteiger partial charge in [-0.1, -0.05) is 12.1 Å². The number of nitrogens with zero attached hydrogens (tertiary/aromatic N) is 4. The standard InChI is InChI=1S/C21H31N5O3.HI/c1-4-22-21(23-8-10-28-16-17-6-5-7-19(12-17)27-3)26-9-11-29-20(15-26)18-13-24-25(2)14-18;/h5-7,12-14,20H,4,8-11,15-16H2,1-3H3,(H,22,23);1H. The molecule has 1 aliphatic heterocycles. The summed E-state index contributed by atoms with van der Waals surface area (Å²) in [5, 5.41) is 7.63. The number of nitrogens with one attached hydrogen (secondary N) is 1. The highest BCUT2D eigenvalue weighted by atomic mass is 127. The second-order valence-corrected chi connectivity index (χ2v) is 6.89. The van der Waals surface area contributed by atoms with E-state index in [0.29, 0.717) is 26.4 Å². The van der Waals surface area contributed by atoms with Gasteiger partial charge in [0.15, 0.2) is 5.96 Å². The molecule has 0 saturated carbocycles. The lowest BCUT2D eigenvalue weighted by Crippen LogP contribution is -2.48. The maximum atomic E-state index is 5.93. The van der Waals surface area contributed by atoms with Crippen LogP contribution in [0.15, 0.2) is 41.7 Å². The van der Waals surface area contributed by atoms with Gasteiger partial charge in [-0.2, -0.15) is 5.10 Å². The summed E-state index contributed by atoms with van der Waals surface area (Å²) < 4.78 is 18.8. The van der Waals surface area contributed by atoms with Crippen LogP contribution in [0.4, 0.5) is 0 Å². The fourth-order valence-electron chi connectivity index (χ4n) is 3.24. The minimum Gasteiger partial charge on any atom is -0.497 e. The third-order valence-corrected chi connectivity index (χ3v) is 4.70. The predicted octanol–water partition coefficient (Wildman–Crippen LogP) is 2.60. The van der Waals surface area contributed by atoms with Gasteiger partial charge in [-0.05, 0) is 24.6 Å². The largest absolute Gasteiger partial charge is 0.497 e. The van der Waals surface area contributed by atoms with Gasteiger partial charge in [0, 0.05) is 31.9 Å². The van der Waals surface area contributed by atoms with Crippen molar-refractivity contribution in [1.29, 1.82) is 0 Å². The van der Waals surface area contributed by atoms with Gasteiger partial charge in [0.05, 0.1) is 46.2 Å². The van der Waals surface area contributed by atoms with Gasteiger partial charge in [-0.3, -0.25) is 9.67 Å². The second-order valence-electron chi connectivity index (χ2n) is 6.89. The van der Waals surface area contributed by atoms with Crippen molar-refractivity contribution in [3.05, 3.63) is 47.8 Å². The number of ether oxygens (including phenoxy) is 3. The zero-order chi connectivity index (χ0) is 20.5. The molecule has 3 rings (SSSR count). The molecule has 1 aromatic heterocycles. The number of hydrogen-bond donors (Lipinski definition) is 1. The zero-order valence-electron chi connectivity index (χ0n) is 17.9. The Morgan fingerprint density at radius 3 is 3.00 bits per heavy atom. The fraction of sp³-hybridized carbons (Fsp3) is 0.524. The first-order valence-corrected chi connectivity index (χ1v) is 10.0. The van der Waals surface area contributed by atoms with E-state index in [1.54, 1.807) is 11.8 Å². The van der Waals surface area contributed by atoms with E-state index in [1.807, 2.05) is 43.7 Å². The van der Waals surface area contributed by atoms with Crippen LogP contribution in [0.3, 0.4) is 0 Å². The number of aliphatic imine (C=N–C) groups is 1. The maximum absolute atomic E-state index is 5.93. The number of aryl methyl sites for hydroxylation is 1. The van der Waals surface area contributed by atoms with Gasteiger partial charge in [0.25, 0.3) is 0 Å². The predicted molar refractivity (Wildman–Crippen MR) is 128 cm³/mol. The van der Waals surface area contributed by atoms with Crippen LogP contribution in [-0.4, -0.2) is 67.1 Å². The molecule has 166 valence electrons. The number of guanidine groups is 1. The van der Waals surface area contributed by atoms with Gasteiger partial charge >= 0.3 is 0 Å². The summed E-state index contributed by atoms with van der Waals surface area (Å²) in [6, 6.07) is 7.91. The van der Waals surface area contributed by atoms with E-state index in [2.05, 4.69) is 22.2 Å². The first-order valence-electron chi connectivity index (χ1n) is 10.0. The molecule has 0 radical (unpaired) electrons. The molecule has 1 saturated heterocycles. The fourth-order valence-corrected chi connectivity index (χ4v) is 3.24. The minimum atomic E-state index is 0. The summed E-state index contributed by atoms with van der Waals surface area (Å²) in [4.78, 5) is 6.98. The van der Waals surface area contributed by atoms with E-state index in [9.17, 15) is 0 Å². The third kappa shape index (κ3) is 7.13. The molecule has 2 aromatic rings. The Labute approximate surface area is 195 Å². The van der Waals surface area contributed by atoms with Crippen molar-refractivity contribution in [2.24, 2.45) is 12.0 Å². The van der Waals surface area contributed by atoms with Crippen LogP contribution in [0.2, 0.25) is 0 Å². The van der Waals surface area contributed by atoms with E-state index >= 15 is 0 Å². The Morgan fingerprint density at radius 1 is 1.40 bits per heavy atom. The molecule has 2 heterocycles. The normalized spacial score (nSPS) is 16.8. The lowest BCUT2D eigenvalue weighted by atomic mass is 10.1. The third-order valence-electron chi connectivity index (χ3n) is 4.70. The van der Waals surface area contributed by atoms with E-state index < -0.39 is 0 Å². The van der Waals surface area contributed by atoms with Crippen LogP contribution in [0.5, 0.6) is 5.75 Å². The van der Waals surface area contributed by atoms with Crippen LogP contribution in [0, 0.1) is 0 Å². The minimum absolute atomic E-state index is 0. The summed E-state index contributed by atoms with van der Waals surface area (Å²) in [6.45, 7) is 6.83. The molecule has 1 aliphatic rings. The Balaban J connectivity index is 0.00000320. The Kier molecular flexibility index (Phi) is 10.4. The summed E-state index contributed by atoms with van der Waals surface area (Å²) in [5.74, 6) is 1.74. The molecular weight excluding hydrogens is 497 g/mol. The van der Waals surface area contributed by atoms with E-state index in [4.69, 9.17) is 19.2 Å².